The first-order valence-electron chi connectivity index (χ1n) is 11.5. The zero-order valence-electron chi connectivity index (χ0n) is 18.8. The summed E-state index contributed by atoms with van der Waals surface area (Å²) >= 11 is 1.30. The Balaban J connectivity index is 1.53. The van der Waals surface area contributed by atoms with Gasteiger partial charge in [-0.25, -0.2) is 4.98 Å². The first-order valence-corrected chi connectivity index (χ1v) is 12.4. The van der Waals surface area contributed by atoms with Crippen molar-refractivity contribution >= 4 is 33.9 Å². The van der Waals surface area contributed by atoms with Crippen molar-refractivity contribution in [3.8, 4) is 17.1 Å². The van der Waals surface area contributed by atoms with Gasteiger partial charge in [0.15, 0.2) is 10.9 Å². The zero-order valence-corrected chi connectivity index (χ0v) is 19.7. The molecule has 1 amide bonds. The van der Waals surface area contributed by atoms with Gasteiger partial charge in [-0.3, -0.25) is 24.3 Å². The molecule has 2 aliphatic rings. The number of carbonyl (C=O) groups is 3. The van der Waals surface area contributed by atoms with E-state index in [1.807, 2.05) is 23.6 Å². The molecule has 0 radical (unpaired) electrons. The SMILES string of the molecule is COc1ccc(C(=O)C2C(=O)C(=O)N(c3nc(-c4ccccn4)cs3)C2C2CCCCC2)cc1. The number of aromatic nitrogens is 2. The van der Waals surface area contributed by atoms with Crippen LogP contribution in [0.15, 0.2) is 54.0 Å². The Bertz CT molecular complexity index is 1200. The molecule has 0 spiro atoms. The van der Waals surface area contributed by atoms with Gasteiger partial charge in [-0.15, -0.1) is 11.3 Å². The molecule has 2 fully saturated rings. The van der Waals surface area contributed by atoms with Crippen LogP contribution >= 0.6 is 11.3 Å². The highest BCUT2D eigenvalue weighted by Crippen LogP contribution is 2.42. The van der Waals surface area contributed by atoms with E-state index in [2.05, 4.69) is 9.97 Å². The lowest BCUT2D eigenvalue weighted by atomic mass is 9.76. The maximum Gasteiger partial charge on any atom is 0.297 e. The van der Waals surface area contributed by atoms with Crippen molar-refractivity contribution in [3.05, 3.63) is 59.6 Å². The van der Waals surface area contributed by atoms with Crippen LogP contribution in [0.3, 0.4) is 0 Å². The maximum absolute atomic E-state index is 13.6. The molecule has 3 heterocycles. The second kappa shape index (κ2) is 9.46. The van der Waals surface area contributed by atoms with Crippen molar-refractivity contribution in [2.45, 2.75) is 38.1 Å². The van der Waals surface area contributed by atoms with Crippen molar-refractivity contribution < 1.29 is 19.1 Å². The van der Waals surface area contributed by atoms with E-state index in [0.717, 1.165) is 32.1 Å². The Morgan fingerprint density at radius 2 is 1.79 bits per heavy atom. The maximum atomic E-state index is 13.6. The largest absolute Gasteiger partial charge is 0.497 e. The number of carbonyl (C=O) groups excluding carboxylic acids is 3. The summed E-state index contributed by atoms with van der Waals surface area (Å²) in [5, 5.41) is 2.28. The fourth-order valence-electron chi connectivity index (χ4n) is 5.08. The van der Waals surface area contributed by atoms with Crippen LogP contribution in [0, 0.1) is 11.8 Å². The number of anilines is 1. The molecule has 5 rings (SSSR count). The minimum Gasteiger partial charge on any atom is -0.497 e. The van der Waals surface area contributed by atoms with Crippen LogP contribution in [0.25, 0.3) is 11.4 Å². The molecule has 7 nitrogen and oxygen atoms in total. The summed E-state index contributed by atoms with van der Waals surface area (Å²) in [6.45, 7) is 0. The number of ketones is 2. The van der Waals surface area contributed by atoms with Gasteiger partial charge in [-0.2, -0.15) is 0 Å². The number of Topliss-reactive ketones (excluding diaryl/α,β-unsaturated/α-hetero) is 2. The van der Waals surface area contributed by atoms with Crippen LogP contribution in [0.5, 0.6) is 5.75 Å². The molecular weight excluding hydrogens is 450 g/mol. The predicted octanol–water partition coefficient (Wildman–Crippen LogP) is 4.58. The number of hydrogen-bond donors (Lipinski definition) is 0. The van der Waals surface area contributed by atoms with E-state index in [1.54, 1.807) is 37.6 Å². The third-order valence-corrected chi connectivity index (χ3v) is 7.61. The minimum atomic E-state index is -1.04. The van der Waals surface area contributed by atoms with E-state index in [-0.39, 0.29) is 11.7 Å². The molecule has 1 saturated carbocycles. The molecule has 2 unspecified atom stereocenters. The molecule has 1 aliphatic carbocycles. The van der Waals surface area contributed by atoms with E-state index in [4.69, 9.17) is 4.74 Å². The first-order chi connectivity index (χ1) is 16.6. The second-order valence-electron chi connectivity index (χ2n) is 8.73. The van der Waals surface area contributed by atoms with Crippen molar-refractivity contribution in [1.82, 2.24) is 9.97 Å². The molecule has 0 N–H and O–H groups in total. The Kier molecular flexibility index (Phi) is 6.24. The van der Waals surface area contributed by atoms with Crippen molar-refractivity contribution in [2.75, 3.05) is 12.0 Å². The summed E-state index contributed by atoms with van der Waals surface area (Å²) in [5.74, 6) is -1.96. The Morgan fingerprint density at radius 3 is 2.47 bits per heavy atom. The second-order valence-corrected chi connectivity index (χ2v) is 9.57. The summed E-state index contributed by atoms with van der Waals surface area (Å²) in [4.78, 5) is 50.7. The number of rotatable bonds is 6. The lowest BCUT2D eigenvalue weighted by Gasteiger charge is -2.34. The lowest BCUT2D eigenvalue weighted by molar-refractivity contribution is -0.135. The van der Waals surface area contributed by atoms with Crippen LogP contribution in [0.2, 0.25) is 0 Å². The molecule has 3 aromatic rings. The number of amides is 1. The zero-order chi connectivity index (χ0) is 23.7. The monoisotopic (exact) mass is 475 g/mol. The fraction of sp³-hybridized carbons (Fsp3) is 0.346. The van der Waals surface area contributed by atoms with Crippen LogP contribution in [-0.4, -0.2) is 40.6 Å². The predicted molar refractivity (Wildman–Crippen MR) is 129 cm³/mol. The van der Waals surface area contributed by atoms with Crippen molar-refractivity contribution in [3.63, 3.8) is 0 Å². The molecule has 1 saturated heterocycles. The topological polar surface area (TPSA) is 89.5 Å². The lowest BCUT2D eigenvalue weighted by Crippen LogP contribution is -2.43. The standard InChI is InChI=1S/C26H25N3O4S/c1-33-18-12-10-17(11-13-18)23(30)21-22(16-7-3-2-4-8-16)29(25(32)24(21)31)26-28-20(15-34-26)19-9-5-6-14-27-19/h5-6,9-16,21-22H,2-4,7-8H2,1H3. The summed E-state index contributed by atoms with van der Waals surface area (Å²) < 4.78 is 5.19. The van der Waals surface area contributed by atoms with Crippen LogP contribution in [-0.2, 0) is 9.59 Å². The van der Waals surface area contributed by atoms with Gasteiger partial charge >= 0.3 is 0 Å². The summed E-state index contributed by atoms with van der Waals surface area (Å²) in [6, 6.07) is 11.7. The molecule has 174 valence electrons. The number of nitrogens with zero attached hydrogens (tertiary/aromatic N) is 3. The first kappa shape index (κ1) is 22.4. The van der Waals surface area contributed by atoms with E-state index in [9.17, 15) is 14.4 Å². The Morgan fingerprint density at radius 1 is 1.03 bits per heavy atom. The number of ether oxygens (including phenoxy) is 1. The number of hydrogen-bond acceptors (Lipinski definition) is 7. The van der Waals surface area contributed by atoms with Crippen LogP contribution in [0.1, 0.15) is 42.5 Å². The van der Waals surface area contributed by atoms with E-state index < -0.39 is 23.7 Å². The molecule has 1 aromatic carbocycles. The summed E-state index contributed by atoms with van der Waals surface area (Å²) in [6.07, 6.45) is 6.63. The average Bonchev–Trinajstić information content (AvgIpc) is 3.48. The normalized spacial score (nSPS) is 21.1. The quantitative estimate of drug-likeness (QED) is 0.295. The van der Waals surface area contributed by atoms with Crippen molar-refractivity contribution in [1.29, 1.82) is 0 Å². The van der Waals surface area contributed by atoms with Gasteiger partial charge in [-0.05, 0) is 55.2 Å². The van der Waals surface area contributed by atoms with Gasteiger partial charge in [0.05, 0.1) is 18.8 Å². The molecule has 1 aliphatic heterocycles. The molecule has 2 atom stereocenters. The summed E-state index contributed by atoms with van der Waals surface area (Å²) in [5.41, 5.74) is 1.75. The number of benzene rings is 1. The van der Waals surface area contributed by atoms with E-state index >= 15 is 0 Å². The van der Waals surface area contributed by atoms with Gasteiger partial charge in [-0.1, -0.05) is 25.3 Å². The van der Waals surface area contributed by atoms with Crippen LogP contribution < -0.4 is 9.64 Å². The highest BCUT2D eigenvalue weighted by molar-refractivity contribution is 7.14. The smallest absolute Gasteiger partial charge is 0.297 e. The molecule has 8 heteroatoms. The van der Waals surface area contributed by atoms with Gasteiger partial charge in [0.1, 0.15) is 17.4 Å². The van der Waals surface area contributed by atoms with Gasteiger partial charge in [0.25, 0.3) is 5.91 Å². The third-order valence-electron chi connectivity index (χ3n) is 6.77. The molecule has 2 aromatic heterocycles. The highest BCUT2D eigenvalue weighted by Gasteiger charge is 2.55. The number of methoxy groups -OCH3 is 1. The Hall–Kier alpha value is -3.39. The molecule has 0 bridgehead atoms. The van der Waals surface area contributed by atoms with E-state index in [0.29, 0.717) is 27.8 Å². The summed E-state index contributed by atoms with van der Waals surface area (Å²) in [7, 11) is 1.56. The molecular formula is C26H25N3O4S. The average molecular weight is 476 g/mol. The molecule has 34 heavy (non-hydrogen) atoms. The minimum absolute atomic E-state index is 0.0681. The van der Waals surface area contributed by atoms with Crippen molar-refractivity contribution in [2.24, 2.45) is 11.8 Å². The highest BCUT2D eigenvalue weighted by atomic mass is 32.1. The van der Waals surface area contributed by atoms with Gasteiger partial charge in [0, 0.05) is 17.1 Å². The Labute approximate surface area is 201 Å². The van der Waals surface area contributed by atoms with Gasteiger partial charge in [0.2, 0.25) is 5.78 Å². The fourth-order valence-corrected chi connectivity index (χ4v) is 5.94. The van der Waals surface area contributed by atoms with E-state index in [1.165, 1.54) is 16.2 Å². The third kappa shape index (κ3) is 4.03. The van der Waals surface area contributed by atoms with Gasteiger partial charge < -0.3 is 4.74 Å². The number of thiazole rings is 1. The van der Waals surface area contributed by atoms with Crippen LogP contribution in [0.4, 0.5) is 5.13 Å². The number of pyridine rings is 1.